The van der Waals surface area contributed by atoms with Crippen LogP contribution in [0.25, 0.3) is 0 Å². The van der Waals surface area contributed by atoms with Gasteiger partial charge >= 0.3 is 0 Å². The first kappa shape index (κ1) is 14.6. The summed E-state index contributed by atoms with van der Waals surface area (Å²) in [4.78, 5) is 13.9. The van der Waals surface area contributed by atoms with Crippen molar-refractivity contribution >= 4 is 11.6 Å². The Hall–Kier alpha value is -1.51. The van der Waals surface area contributed by atoms with Crippen LogP contribution in [0.3, 0.4) is 0 Å². The van der Waals surface area contributed by atoms with Gasteiger partial charge in [0, 0.05) is 25.2 Å². The topological polar surface area (TPSA) is 46.3 Å². The van der Waals surface area contributed by atoms with Crippen LogP contribution >= 0.6 is 0 Å². The fourth-order valence-corrected chi connectivity index (χ4v) is 1.85. The lowest BCUT2D eigenvalue weighted by molar-refractivity contribution is -0.132. The SMILES string of the molecule is CC(C)C(C)N(C)C(=O)CCc1ccccc1N. The molecule has 0 aromatic heterocycles. The molecular weight excluding hydrogens is 224 g/mol. The molecule has 1 aromatic rings. The van der Waals surface area contributed by atoms with E-state index in [1.807, 2.05) is 36.2 Å². The zero-order valence-corrected chi connectivity index (χ0v) is 11.8. The molecule has 18 heavy (non-hydrogen) atoms. The first-order chi connectivity index (χ1) is 8.43. The van der Waals surface area contributed by atoms with Crippen molar-refractivity contribution in [3.63, 3.8) is 0 Å². The fourth-order valence-electron chi connectivity index (χ4n) is 1.85. The van der Waals surface area contributed by atoms with Crippen LogP contribution in [0, 0.1) is 5.92 Å². The summed E-state index contributed by atoms with van der Waals surface area (Å²) in [5, 5.41) is 0. The molecule has 1 aromatic carbocycles. The van der Waals surface area contributed by atoms with E-state index in [9.17, 15) is 4.79 Å². The Kier molecular flexibility index (Phi) is 5.20. The molecule has 1 atom stereocenters. The van der Waals surface area contributed by atoms with E-state index in [1.54, 1.807) is 0 Å². The van der Waals surface area contributed by atoms with E-state index in [2.05, 4.69) is 20.8 Å². The summed E-state index contributed by atoms with van der Waals surface area (Å²) < 4.78 is 0. The number of benzene rings is 1. The molecule has 0 aliphatic carbocycles. The average molecular weight is 248 g/mol. The minimum atomic E-state index is 0.180. The van der Waals surface area contributed by atoms with E-state index < -0.39 is 0 Å². The Labute approximate surface area is 110 Å². The lowest BCUT2D eigenvalue weighted by Crippen LogP contribution is -2.38. The molecule has 0 spiro atoms. The molecule has 0 bridgehead atoms. The number of hydrogen-bond donors (Lipinski definition) is 1. The second kappa shape index (κ2) is 6.43. The number of nitrogens with two attached hydrogens (primary N) is 1. The van der Waals surface area contributed by atoms with Crippen molar-refractivity contribution in [3.05, 3.63) is 29.8 Å². The molecule has 1 unspecified atom stereocenters. The zero-order valence-electron chi connectivity index (χ0n) is 11.8. The first-order valence-corrected chi connectivity index (χ1v) is 6.52. The van der Waals surface area contributed by atoms with Gasteiger partial charge in [-0.2, -0.15) is 0 Å². The fraction of sp³-hybridized carbons (Fsp3) is 0.533. The minimum absolute atomic E-state index is 0.180. The molecule has 3 nitrogen and oxygen atoms in total. The predicted molar refractivity (Wildman–Crippen MR) is 76.2 cm³/mol. The average Bonchev–Trinajstić information content (AvgIpc) is 2.35. The van der Waals surface area contributed by atoms with Crippen LogP contribution in [0.2, 0.25) is 0 Å². The molecule has 0 fully saturated rings. The number of para-hydroxylation sites is 1. The normalized spacial score (nSPS) is 12.5. The summed E-state index contributed by atoms with van der Waals surface area (Å²) in [6, 6.07) is 7.99. The van der Waals surface area contributed by atoms with Crippen LogP contribution in [-0.4, -0.2) is 23.9 Å². The van der Waals surface area contributed by atoms with Crippen LogP contribution in [0.4, 0.5) is 5.69 Å². The minimum Gasteiger partial charge on any atom is -0.399 e. The van der Waals surface area contributed by atoms with E-state index in [-0.39, 0.29) is 11.9 Å². The van der Waals surface area contributed by atoms with Crippen LogP contribution in [0.1, 0.15) is 32.8 Å². The van der Waals surface area contributed by atoms with Crippen molar-refractivity contribution in [2.75, 3.05) is 12.8 Å². The number of nitrogen functional groups attached to an aromatic ring is 1. The van der Waals surface area contributed by atoms with Gasteiger partial charge in [0.05, 0.1) is 0 Å². The van der Waals surface area contributed by atoms with Crippen LogP contribution in [0.15, 0.2) is 24.3 Å². The van der Waals surface area contributed by atoms with Gasteiger partial charge in [-0.3, -0.25) is 4.79 Å². The summed E-state index contributed by atoms with van der Waals surface area (Å²) in [5.41, 5.74) is 7.69. The van der Waals surface area contributed by atoms with Gasteiger partial charge in [-0.25, -0.2) is 0 Å². The van der Waals surface area contributed by atoms with Crippen molar-refractivity contribution in [1.29, 1.82) is 0 Å². The van der Waals surface area contributed by atoms with Crippen molar-refractivity contribution in [1.82, 2.24) is 4.90 Å². The molecule has 0 aliphatic heterocycles. The number of aryl methyl sites for hydroxylation is 1. The summed E-state index contributed by atoms with van der Waals surface area (Å²) in [5.74, 6) is 0.653. The Morgan fingerprint density at radius 1 is 1.28 bits per heavy atom. The van der Waals surface area contributed by atoms with Crippen LogP contribution in [-0.2, 0) is 11.2 Å². The highest BCUT2D eigenvalue weighted by molar-refractivity contribution is 5.76. The number of amides is 1. The van der Waals surface area contributed by atoms with Crippen LogP contribution in [0.5, 0.6) is 0 Å². The molecular formula is C15H24N2O. The predicted octanol–water partition coefficient (Wildman–Crippen LogP) is 2.70. The highest BCUT2D eigenvalue weighted by Gasteiger charge is 2.18. The smallest absolute Gasteiger partial charge is 0.222 e. The van der Waals surface area contributed by atoms with Gasteiger partial charge in [0.15, 0.2) is 0 Å². The molecule has 0 saturated carbocycles. The van der Waals surface area contributed by atoms with Crippen molar-refractivity contribution in [2.24, 2.45) is 5.92 Å². The van der Waals surface area contributed by atoms with Gasteiger partial charge in [-0.15, -0.1) is 0 Å². The monoisotopic (exact) mass is 248 g/mol. The van der Waals surface area contributed by atoms with Gasteiger partial charge < -0.3 is 10.6 Å². The third kappa shape index (κ3) is 3.76. The third-order valence-corrected chi connectivity index (χ3v) is 3.63. The second-order valence-electron chi connectivity index (χ2n) is 5.19. The molecule has 2 N–H and O–H groups in total. The molecule has 3 heteroatoms. The van der Waals surface area contributed by atoms with Gasteiger partial charge in [-0.05, 0) is 30.9 Å². The summed E-state index contributed by atoms with van der Waals surface area (Å²) in [6.45, 7) is 6.34. The number of nitrogens with zero attached hydrogens (tertiary/aromatic N) is 1. The molecule has 0 heterocycles. The van der Waals surface area contributed by atoms with Crippen LogP contribution < -0.4 is 5.73 Å². The van der Waals surface area contributed by atoms with E-state index in [1.165, 1.54) is 0 Å². The van der Waals surface area contributed by atoms with Crippen molar-refractivity contribution in [3.8, 4) is 0 Å². The number of carbonyl (C=O) groups is 1. The highest BCUT2D eigenvalue weighted by Crippen LogP contribution is 2.15. The van der Waals surface area contributed by atoms with Gasteiger partial charge in [-0.1, -0.05) is 32.0 Å². The summed E-state index contributed by atoms with van der Waals surface area (Å²) in [7, 11) is 1.88. The van der Waals surface area contributed by atoms with Crippen molar-refractivity contribution < 1.29 is 4.79 Å². The molecule has 0 aliphatic rings. The first-order valence-electron chi connectivity index (χ1n) is 6.52. The van der Waals surface area contributed by atoms with E-state index >= 15 is 0 Å². The molecule has 0 saturated heterocycles. The van der Waals surface area contributed by atoms with Crippen molar-refractivity contribution in [2.45, 2.75) is 39.7 Å². The lowest BCUT2D eigenvalue weighted by atomic mass is 10.0. The summed E-state index contributed by atoms with van der Waals surface area (Å²) >= 11 is 0. The quantitative estimate of drug-likeness (QED) is 0.814. The zero-order chi connectivity index (χ0) is 13.7. The second-order valence-corrected chi connectivity index (χ2v) is 5.19. The van der Waals surface area contributed by atoms with E-state index in [0.717, 1.165) is 11.3 Å². The number of carbonyl (C=O) groups excluding carboxylic acids is 1. The number of hydrogen-bond acceptors (Lipinski definition) is 2. The molecule has 0 radical (unpaired) electrons. The molecule has 100 valence electrons. The molecule has 1 rings (SSSR count). The Morgan fingerprint density at radius 3 is 2.44 bits per heavy atom. The maximum Gasteiger partial charge on any atom is 0.222 e. The standard InChI is InChI=1S/C15H24N2O/c1-11(2)12(3)17(4)15(18)10-9-13-7-5-6-8-14(13)16/h5-8,11-12H,9-10,16H2,1-4H3. The Bertz CT molecular complexity index is 401. The Morgan fingerprint density at radius 2 is 1.89 bits per heavy atom. The third-order valence-electron chi connectivity index (χ3n) is 3.63. The largest absolute Gasteiger partial charge is 0.399 e. The van der Waals surface area contributed by atoms with E-state index in [4.69, 9.17) is 5.73 Å². The molecule has 1 amide bonds. The Balaban J connectivity index is 2.54. The van der Waals surface area contributed by atoms with Gasteiger partial charge in [0.2, 0.25) is 5.91 Å². The van der Waals surface area contributed by atoms with Gasteiger partial charge in [0.1, 0.15) is 0 Å². The van der Waals surface area contributed by atoms with E-state index in [0.29, 0.717) is 18.8 Å². The summed E-state index contributed by atoms with van der Waals surface area (Å²) in [6.07, 6.45) is 1.22. The maximum atomic E-state index is 12.1. The maximum absolute atomic E-state index is 12.1. The number of anilines is 1. The highest BCUT2D eigenvalue weighted by atomic mass is 16.2. The van der Waals surface area contributed by atoms with Gasteiger partial charge in [0.25, 0.3) is 0 Å². The number of rotatable bonds is 5. The lowest BCUT2D eigenvalue weighted by Gasteiger charge is -2.28.